The van der Waals surface area contributed by atoms with Gasteiger partial charge in [-0.1, -0.05) is 47.1 Å². The molecule has 0 aliphatic rings. The van der Waals surface area contributed by atoms with E-state index >= 15 is 0 Å². The second-order valence-corrected chi connectivity index (χ2v) is 7.01. The van der Waals surface area contributed by atoms with Crippen molar-refractivity contribution < 1.29 is 4.74 Å². The summed E-state index contributed by atoms with van der Waals surface area (Å²) in [6.07, 6.45) is 1.01. The van der Waals surface area contributed by atoms with Crippen LogP contribution in [0.25, 0.3) is 0 Å². The van der Waals surface area contributed by atoms with Crippen molar-refractivity contribution in [1.82, 2.24) is 0 Å². The summed E-state index contributed by atoms with van der Waals surface area (Å²) >= 11 is 7.40. The van der Waals surface area contributed by atoms with E-state index in [0.29, 0.717) is 0 Å². The Morgan fingerprint density at radius 2 is 1.67 bits per heavy atom. The lowest BCUT2D eigenvalue weighted by atomic mass is 10.0. The molecule has 2 aromatic rings. The van der Waals surface area contributed by atoms with Gasteiger partial charge in [-0.3, -0.25) is 0 Å². The van der Waals surface area contributed by atoms with Gasteiger partial charge in [-0.25, -0.2) is 0 Å². The topological polar surface area (TPSA) is 9.23 Å². The number of benzene rings is 2. The molecular formula is C18H20Br2O. The third kappa shape index (κ3) is 4.10. The minimum atomic E-state index is 0.188. The molecule has 0 aliphatic heterocycles. The molecule has 0 fully saturated rings. The number of hydrogen-bond acceptors (Lipinski definition) is 1. The molecule has 21 heavy (non-hydrogen) atoms. The third-order valence-corrected chi connectivity index (χ3v) is 5.21. The molecule has 2 rings (SSSR count). The Morgan fingerprint density at radius 1 is 1.00 bits per heavy atom. The van der Waals surface area contributed by atoms with Gasteiger partial charge in [0.05, 0.1) is 15.9 Å². The van der Waals surface area contributed by atoms with Crippen LogP contribution in [-0.4, -0.2) is 6.61 Å². The van der Waals surface area contributed by atoms with Crippen LogP contribution in [0.1, 0.15) is 40.4 Å². The Labute approximate surface area is 144 Å². The summed E-state index contributed by atoms with van der Waals surface area (Å²) < 4.78 is 6.70. The normalized spacial score (nSPS) is 12.2. The molecule has 0 amide bonds. The van der Waals surface area contributed by atoms with E-state index in [1.807, 2.05) is 6.07 Å². The van der Waals surface area contributed by atoms with E-state index in [-0.39, 0.29) is 4.83 Å². The van der Waals surface area contributed by atoms with Crippen LogP contribution in [0.15, 0.2) is 40.9 Å². The van der Waals surface area contributed by atoms with Crippen molar-refractivity contribution in [3.8, 4) is 5.75 Å². The van der Waals surface area contributed by atoms with Gasteiger partial charge >= 0.3 is 0 Å². The lowest BCUT2D eigenvalue weighted by Gasteiger charge is -2.15. The number of rotatable bonds is 5. The molecule has 3 heteroatoms. The molecule has 0 bridgehead atoms. The minimum Gasteiger partial charge on any atom is -0.492 e. The van der Waals surface area contributed by atoms with Gasteiger partial charge in [0.2, 0.25) is 0 Å². The summed E-state index contributed by atoms with van der Waals surface area (Å²) in [5, 5.41) is 0. The Morgan fingerprint density at radius 3 is 2.29 bits per heavy atom. The van der Waals surface area contributed by atoms with Gasteiger partial charge < -0.3 is 4.74 Å². The standard InChI is InChI=1S/C18H20Br2O/c1-4-9-21-17-8-7-15(11-16(17)19)18(20)14-6-5-12(2)13(3)10-14/h5-8,10-11,18H,4,9H2,1-3H3. The molecule has 0 N–H and O–H groups in total. The van der Waals surface area contributed by atoms with Crippen molar-refractivity contribution in [2.75, 3.05) is 6.61 Å². The molecule has 0 radical (unpaired) electrons. The van der Waals surface area contributed by atoms with Gasteiger partial charge in [-0.15, -0.1) is 0 Å². The lowest BCUT2D eigenvalue weighted by molar-refractivity contribution is 0.315. The van der Waals surface area contributed by atoms with Crippen LogP contribution in [0.2, 0.25) is 0 Å². The average Bonchev–Trinajstić information content (AvgIpc) is 2.48. The number of hydrogen-bond donors (Lipinski definition) is 0. The highest BCUT2D eigenvalue weighted by Gasteiger charge is 2.13. The maximum Gasteiger partial charge on any atom is 0.133 e. The molecule has 0 aliphatic carbocycles. The van der Waals surface area contributed by atoms with Crippen molar-refractivity contribution in [2.45, 2.75) is 32.0 Å². The molecule has 0 saturated heterocycles. The van der Waals surface area contributed by atoms with Crippen LogP contribution >= 0.6 is 31.9 Å². The van der Waals surface area contributed by atoms with Crippen molar-refractivity contribution in [3.05, 3.63) is 63.1 Å². The highest BCUT2D eigenvalue weighted by atomic mass is 79.9. The quantitative estimate of drug-likeness (QED) is 0.521. The third-order valence-electron chi connectivity index (χ3n) is 3.53. The fourth-order valence-corrected chi connectivity index (χ4v) is 3.20. The Balaban J connectivity index is 2.24. The van der Waals surface area contributed by atoms with Crippen LogP contribution in [0, 0.1) is 13.8 Å². The van der Waals surface area contributed by atoms with E-state index in [2.05, 4.69) is 83.0 Å². The molecule has 0 saturated carbocycles. The molecule has 0 spiro atoms. The predicted molar refractivity (Wildman–Crippen MR) is 96.6 cm³/mol. The maximum absolute atomic E-state index is 5.70. The highest BCUT2D eigenvalue weighted by Crippen LogP contribution is 2.36. The Kier molecular flexibility index (Phi) is 5.88. The fraction of sp³-hybridized carbons (Fsp3) is 0.333. The zero-order valence-electron chi connectivity index (χ0n) is 12.6. The molecule has 1 nitrogen and oxygen atoms in total. The van der Waals surface area contributed by atoms with E-state index in [1.54, 1.807) is 0 Å². The summed E-state index contributed by atoms with van der Waals surface area (Å²) in [6.45, 7) is 7.14. The lowest BCUT2D eigenvalue weighted by Crippen LogP contribution is -1.98. The van der Waals surface area contributed by atoms with Crippen LogP contribution in [0.5, 0.6) is 5.75 Å². The molecule has 112 valence electrons. The van der Waals surface area contributed by atoms with Gasteiger partial charge in [-0.2, -0.15) is 0 Å². The number of halogens is 2. The molecule has 1 atom stereocenters. The van der Waals surface area contributed by atoms with Crippen molar-refractivity contribution in [2.24, 2.45) is 0 Å². The zero-order valence-corrected chi connectivity index (χ0v) is 15.8. The number of aryl methyl sites for hydroxylation is 2. The largest absolute Gasteiger partial charge is 0.492 e. The fourth-order valence-electron chi connectivity index (χ4n) is 2.12. The van der Waals surface area contributed by atoms with E-state index in [0.717, 1.165) is 23.2 Å². The minimum absolute atomic E-state index is 0.188. The zero-order chi connectivity index (χ0) is 15.4. The molecular weight excluding hydrogens is 392 g/mol. The van der Waals surface area contributed by atoms with Gasteiger partial charge in [0, 0.05) is 0 Å². The summed E-state index contributed by atoms with van der Waals surface area (Å²) in [5.41, 5.74) is 5.13. The van der Waals surface area contributed by atoms with Gasteiger partial charge in [0.25, 0.3) is 0 Å². The van der Waals surface area contributed by atoms with Crippen LogP contribution in [0.3, 0.4) is 0 Å². The van der Waals surface area contributed by atoms with Crippen LogP contribution in [0.4, 0.5) is 0 Å². The summed E-state index contributed by atoms with van der Waals surface area (Å²) in [6, 6.07) is 12.9. The van der Waals surface area contributed by atoms with Crippen molar-refractivity contribution in [1.29, 1.82) is 0 Å². The first kappa shape index (κ1) is 16.6. The van der Waals surface area contributed by atoms with Crippen molar-refractivity contribution >= 4 is 31.9 Å². The SMILES string of the molecule is CCCOc1ccc(C(Br)c2ccc(C)c(C)c2)cc1Br. The molecule has 2 aromatic carbocycles. The first-order valence-corrected chi connectivity index (χ1v) is 8.87. The van der Waals surface area contributed by atoms with Gasteiger partial charge in [0.1, 0.15) is 5.75 Å². The van der Waals surface area contributed by atoms with E-state index in [4.69, 9.17) is 4.74 Å². The summed E-state index contributed by atoms with van der Waals surface area (Å²) in [5.74, 6) is 0.903. The first-order valence-electron chi connectivity index (χ1n) is 7.16. The Hall–Kier alpha value is -0.800. The van der Waals surface area contributed by atoms with Crippen molar-refractivity contribution in [3.63, 3.8) is 0 Å². The molecule has 0 aromatic heterocycles. The number of alkyl halides is 1. The van der Waals surface area contributed by atoms with Crippen LogP contribution < -0.4 is 4.74 Å². The summed E-state index contributed by atoms with van der Waals surface area (Å²) in [7, 11) is 0. The monoisotopic (exact) mass is 410 g/mol. The second kappa shape index (κ2) is 7.46. The first-order chi connectivity index (χ1) is 10.0. The number of ether oxygens (including phenoxy) is 1. The smallest absolute Gasteiger partial charge is 0.133 e. The molecule has 0 heterocycles. The van der Waals surface area contributed by atoms with E-state index in [1.165, 1.54) is 22.3 Å². The van der Waals surface area contributed by atoms with E-state index in [9.17, 15) is 0 Å². The highest BCUT2D eigenvalue weighted by molar-refractivity contribution is 9.10. The van der Waals surface area contributed by atoms with Crippen LogP contribution in [-0.2, 0) is 0 Å². The second-order valence-electron chi connectivity index (χ2n) is 5.24. The average molecular weight is 412 g/mol. The van der Waals surface area contributed by atoms with E-state index < -0.39 is 0 Å². The predicted octanol–water partition coefficient (Wildman–Crippen LogP) is 6.34. The maximum atomic E-state index is 5.70. The van der Waals surface area contributed by atoms with Gasteiger partial charge in [0.15, 0.2) is 0 Å². The molecule has 1 unspecified atom stereocenters. The Bertz CT molecular complexity index is 623. The van der Waals surface area contributed by atoms with Gasteiger partial charge in [-0.05, 0) is 70.6 Å². The summed E-state index contributed by atoms with van der Waals surface area (Å²) in [4.78, 5) is 0.188.